The number of hydrogen-bond donors (Lipinski definition) is 3. The fourth-order valence-corrected chi connectivity index (χ4v) is 2.43. The molecule has 1 aromatic heterocycles. The Hall–Kier alpha value is -2.41. The first-order chi connectivity index (χ1) is 10.1. The molecule has 0 aliphatic rings. The van der Waals surface area contributed by atoms with E-state index in [0.29, 0.717) is 13.0 Å². The minimum absolute atomic E-state index is 0.0736. The molecule has 0 saturated carbocycles. The van der Waals surface area contributed by atoms with Crippen LogP contribution in [-0.4, -0.2) is 23.7 Å². The first kappa shape index (κ1) is 15.0. The van der Waals surface area contributed by atoms with Crippen molar-refractivity contribution in [2.75, 3.05) is 11.9 Å². The summed E-state index contributed by atoms with van der Waals surface area (Å²) in [4.78, 5) is 22.7. The van der Waals surface area contributed by atoms with Gasteiger partial charge in [-0.2, -0.15) is 11.3 Å². The molecule has 0 bridgehead atoms. The number of amides is 2. The lowest BCUT2D eigenvalue weighted by molar-refractivity contribution is 0.0698. The Morgan fingerprint density at radius 1 is 1.29 bits per heavy atom. The van der Waals surface area contributed by atoms with E-state index >= 15 is 0 Å². The first-order valence-corrected chi connectivity index (χ1v) is 7.09. The van der Waals surface area contributed by atoms with E-state index in [0.717, 1.165) is 23.8 Å². The number of anilines is 1. The van der Waals surface area contributed by atoms with Gasteiger partial charge < -0.3 is 15.7 Å². The lowest BCUT2D eigenvalue weighted by atomic mass is 10.2. The Morgan fingerprint density at radius 2 is 2.10 bits per heavy atom. The molecule has 0 atom stereocenters. The summed E-state index contributed by atoms with van der Waals surface area (Å²) in [5.41, 5.74) is 0.872. The van der Waals surface area contributed by atoms with Crippen LogP contribution in [0.25, 0.3) is 0 Å². The molecule has 2 rings (SSSR count). The van der Waals surface area contributed by atoms with Gasteiger partial charge in [-0.05, 0) is 47.0 Å². The van der Waals surface area contributed by atoms with Crippen molar-refractivity contribution in [3.8, 4) is 0 Å². The summed E-state index contributed by atoms with van der Waals surface area (Å²) in [5, 5.41) is 17.8. The minimum Gasteiger partial charge on any atom is -0.478 e. The van der Waals surface area contributed by atoms with Crippen molar-refractivity contribution in [1.82, 2.24) is 5.32 Å². The summed E-state index contributed by atoms with van der Waals surface area (Å²) in [5.74, 6) is -1.85. The summed E-state index contributed by atoms with van der Waals surface area (Å²) in [7, 11) is 0. The van der Waals surface area contributed by atoms with Crippen molar-refractivity contribution in [1.29, 1.82) is 0 Å². The number of thiophene rings is 1. The molecule has 2 amide bonds. The molecule has 5 nitrogen and oxygen atoms in total. The molecule has 0 aliphatic carbocycles. The highest BCUT2D eigenvalue weighted by Crippen LogP contribution is 2.17. The molecule has 3 N–H and O–H groups in total. The molecule has 1 aromatic carbocycles. The van der Waals surface area contributed by atoms with Crippen LogP contribution in [0.3, 0.4) is 0 Å². The van der Waals surface area contributed by atoms with Gasteiger partial charge in [-0.25, -0.2) is 14.0 Å². The monoisotopic (exact) mass is 308 g/mol. The number of carboxylic acids is 1. The molecule has 21 heavy (non-hydrogen) atoms. The van der Waals surface area contributed by atoms with Crippen molar-refractivity contribution >= 4 is 29.0 Å². The summed E-state index contributed by atoms with van der Waals surface area (Å²) < 4.78 is 13.1. The Balaban J connectivity index is 1.93. The van der Waals surface area contributed by atoms with Gasteiger partial charge in [0.15, 0.2) is 0 Å². The van der Waals surface area contributed by atoms with E-state index in [2.05, 4.69) is 10.6 Å². The number of aromatic carboxylic acids is 1. The number of rotatable bonds is 5. The Morgan fingerprint density at radius 3 is 2.76 bits per heavy atom. The third-order valence-electron chi connectivity index (χ3n) is 2.74. The van der Waals surface area contributed by atoms with E-state index in [9.17, 15) is 14.0 Å². The van der Waals surface area contributed by atoms with Gasteiger partial charge in [-0.15, -0.1) is 0 Å². The maximum Gasteiger partial charge on any atom is 0.337 e. The van der Waals surface area contributed by atoms with Crippen LogP contribution in [0, 0.1) is 5.82 Å². The molecule has 2 aromatic rings. The third-order valence-corrected chi connectivity index (χ3v) is 3.47. The second-order valence-electron chi connectivity index (χ2n) is 4.26. The van der Waals surface area contributed by atoms with Gasteiger partial charge in [-0.1, -0.05) is 0 Å². The zero-order valence-corrected chi connectivity index (χ0v) is 11.7. The fraction of sp³-hybridized carbons (Fsp3) is 0.143. The molecule has 0 radical (unpaired) electrons. The molecular formula is C14H13FN2O3S. The van der Waals surface area contributed by atoms with Gasteiger partial charge in [0, 0.05) is 6.54 Å². The fourth-order valence-electron chi connectivity index (χ4n) is 1.73. The number of nitrogens with one attached hydrogen (secondary N) is 2. The SMILES string of the molecule is O=C(NCCc1ccsc1)Nc1cc(F)ccc1C(=O)O. The molecule has 0 spiro atoms. The normalized spacial score (nSPS) is 10.1. The number of urea groups is 1. The van der Waals surface area contributed by atoms with Crippen LogP contribution >= 0.6 is 11.3 Å². The van der Waals surface area contributed by atoms with Crippen LogP contribution in [0.4, 0.5) is 14.9 Å². The van der Waals surface area contributed by atoms with Gasteiger partial charge in [-0.3, -0.25) is 0 Å². The lowest BCUT2D eigenvalue weighted by Crippen LogP contribution is -2.31. The van der Waals surface area contributed by atoms with Gasteiger partial charge in [0.25, 0.3) is 0 Å². The highest BCUT2D eigenvalue weighted by Gasteiger charge is 2.13. The van der Waals surface area contributed by atoms with Crippen LogP contribution in [0.5, 0.6) is 0 Å². The molecule has 0 unspecified atom stereocenters. The summed E-state index contributed by atoms with van der Waals surface area (Å²) in [6.45, 7) is 0.403. The van der Waals surface area contributed by atoms with Gasteiger partial charge in [0.2, 0.25) is 0 Å². The Kier molecular flexibility index (Phi) is 4.89. The predicted molar refractivity (Wildman–Crippen MR) is 78.4 cm³/mol. The molecule has 110 valence electrons. The van der Waals surface area contributed by atoms with Crippen LogP contribution < -0.4 is 10.6 Å². The average Bonchev–Trinajstić information content (AvgIpc) is 2.91. The highest BCUT2D eigenvalue weighted by atomic mass is 32.1. The topological polar surface area (TPSA) is 78.4 Å². The first-order valence-electron chi connectivity index (χ1n) is 6.15. The number of carboxylic acid groups (broad SMARTS) is 1. The van der Waals surface area contributed by atoms with Crippen LogP contribution in [0.1, 0.15) is 15.9 Å². The predicted octanol–water partition coefficient (Wildman–Crippen LogP) is 2.95. The highest BCUT2D eigenvalue weighted by molar-refractivity contribution is 7.07. The van der Waals surface area contributed by atoms with Crippen molar-refractivity contribution in [3.63, 3.8) is 0 Å². The van der Waals surface area contributed by atoms with E-state index in [1.165, 1.54) is 0 Å². The van der Waals surface area contributed by atoms with Crippen molar-refractivity contribution < 1.29 is 19.1 Å². The molecule has 0 saturated heterocycles. The largest absolute Gasteiger partial charge is 0.478 e. The van der Waals surface area contributed by atoms with Crippen LogP contribution in [-0.2, 0) is 6.42 Å². The number of halogens is 1. The van der Waals surface area contributed by atoms with Crippen LogP contribution in [0.15, 0.2) is 35.0 Å². The zero-order valence-electron chi connectivity index (χ0n) is 10.9. The lowest BCUT2D eigenvalue weighted by Gasteiger charge is -2.09. The van der Waals surface area contributed by atoms with Crippen molar-refractivity contribution in [2.45, 2.75) is 6.42 Å². The summed E-state index contributed by atoms with van der Waals surface area (Å²) in [6, 6.07) is 4.50. The number of carbonyl (C=O) groups excluding carboxylic acids is 1. The third kappa shape index (κ3) is 4.28. The Labute approximate surface area is 124 Å². The number of hydrogen-bond acceptors (Lipinski definition) is 3. The minimum atomic E-state index is -1.23. The van der Waals surface area contributed by atoms with E-state index in [1.807, 2.05) is 16.8 Å². The van der Waals surface area contributed by atoms with Gasteiger partial charge in [0.05, 0.1) is 11.3 Å². The molecule has 7 heteroatoms. The summed E-state index contributed by atoms with van der Waals surface area (Å²) >= 11 is 1.57. The summed E-state index contributed by atoms with van der Waals surface area (Å²) in [6.07, 6.45) is 0.672. The van der Waals surface area contributed by atoms with E-state index < -0.39 is 17.8 Å². The molecule has 0 aliphatic heterocycles. The zero-order chi connectivity index (χ0) is 15.2. The standard InChI is InChI=1S/C14H13FN2O3S/c15-10-1-2-11(13(18)19)12(7-10)17-14(20)16-5-3-9-4-6-21-8-9/h1-2,4,6-8H,3,5H2,(H,18,19)(H2,16,17,20). The maximum atomic E-state index is 13.1. The average molecular weight is 308 g/mol. The maximum absolute atomic E-state index is 13.1. The second kappa shape index (κ2) is 6.85. The van der Waals surface area contributed by atoms with Gasteiger partial charge in [0.1, 0.15) is 5.82 Å². The van der Waals surface area contributed by atoms with E-state index in [-0.39, 0.29) is 11.3 Å². The number of carbonyl (C=O) groups is 2. The molecular weight excluding hydrogens is 295 g/mol. The van der Waals surface area contributed by atoms with E-state index in [1.54, 1.807) is 11.3 Å². The molecule has 1 heterocycles. The van der Waals surface area contributed by atoms with Crippen LogP contribution in [0.2, 0.25) is 0 Å². The quantitative estimate of drug-likeness (QED) is 0.794. The number of benzene rings is 1. The Bertz CT molecular complexity index is 644. The van der Waals surface area contributed by atoms with Crippen molar-refractivity contribution in [3.05, 3.63) is 52.0 Å². The van der Waals surface area contributed by atoms with E-state index in [4.69, 9.17) is 5.11 Å². The smallest absolute Gasteiger partial charge is 0.337 e. The van der Waals surface area contributed by atoms with Crippen molar-refractivity contribution in [2.24, 2.45) is 0 Å². The second-order valence-corrected chi connectivity index (χ2v) is 5.04. The molecule has 0 fully saturated rings. The van der Waals surface area contributed by atoms with Gasteiger partial charge >= 0.3 is 12.0 Å².